The predicted octanol–water partition coefficient (Wildman–Crippen LogP) is 1.04. The molecule has 0 unspecified atom stereocenters. The summed E-state index contributed by atoms with van der Waals surface area (Å²) < 4.78 is 0. The average Bonchev–Trinajstić information content (AvgIpc) is 2.40. The van der Waals surface area contributed by atoms with E-state index in [0.717, 1.165) is 12.8 Å². The molecule has 1 fully saturated rings. The third-order valence-corrected chi connectivity index (χ3v) is 3.66. The summed E-state index contributed by atoms with van der Waals surface area (Å²) in [6.45, 7) is 3.13. The van der Waals surface area contributed by atoms with Crippen molar-refractivity contribution in [1.29, 1.82) is 0 Å². The molecule has 1 rings (SSSR count). The number of aliphatic carboxylic acids is 1. The summed E-state index contributed by atoms with van der Waals surface area (Å²) in [4.78, 5) is 24.5. The number of hydrogen-bond donors (Lipinski definition) is 3. The molecule has 1 aliphatic carbocycles. The molecule has 0 spiro atoms. The van der Waals surface area contributed by atoms with E-state index in [4.69, 9.17) is 10.2 Å². The number of aliphatic hydroxyl groups excluding tert-OH is 1. The van der Waals surface area contributed by atoms with Crippen molar-refractivity contribution in [3.8, 4) is 0 Å². The molecule has 1 aliphatic rings. The van der Waals surface area contributed by atoms with Crippen LogP contribution in [0, 0.1) is 5.92 Å². The first kappa shape index (κ1) is 15.8. The summed E-state index contributed by atoms with van der Waals surface area (Å²) >= 11 is 0. The van der Waals surface area contributed by atoms with E-state index in [1.165, 1.54) is 0 Å². The number of carboxylic acid groups (broad SMARTS) is 1. The second-order valence-corrected chi connectivity index (χ2v) is 4.99. The van der Waals surface area contributed by atoms with Crippen LogP contribution in [-0.2, 0) is 4.79 Å². The van der Waals surface area contributed by atoms with E-state index >= 15 is 0 Å². The van der Waals surface area contributed by atoms with E-state index in [9.17, 15) is 9.59 Å². The van der Waals surface area contributed by atoms with Gasteiger partial charge in [0.15, 0.2) is 0 Å². The lowest BCUT2D eigenvalue weighted by Gasteiger charge is -2.29. The fourth-order valence-electron chi connectivity index (χ4n) is 2.42. The number of amides is 2. The number of rotatable bonds is 6. The molecule has 0 aromatic carbocycles. The molecular formula is C13H24N2O4. The summed E-state index contributed by atoms with van der Waals surface area (Å²) in [5.41, 5.74) is 0. The first-order valence-corrected chi connectivity index (χ1v) is 6.97. The lowest BCUT2D eigenvalue weighted by molar-refractivity contribution is -0.142. The number of aliphatic hydroxyl groups is 1. The van der Waals surface area contributed by atoms with Gasteiger partial charge in [-0.25, -0.2) is 4.79 Å². The molecule has 0 heterocycles. The van der Waals surface area contributed by atoms with Gasteiger partial charge in [0.2, 0.25) is 0 Å². The van der Waals surface area contributed by atoms with Crippen molar-refractivity contribution in [3.05, 3.63) is 0 Å². The Morgan fingerprint density at radius 2 is 1.89 bits per heavy atom. The van der Waals surface area contributed by atoms with E-state index in [1.54, 1.807) is 4.90 Å². The minimum Gasteiger partial charge on any atom is -0.481 e. The van der Waals surface area contributed by atoms with E-state index in [-0.39, 0.29) is 24.6 Å². The fraction of sp³-hybridized carbons (Fsp3) is 0.846. The Kier molecular flexibility index (Phi) is 6.62. The first-order chi connectivity index (χ1) is 9.08. The predicted molar refractivity (Wildman–Crippen MR) is 70.9 cm³/mol. The van der Waals surface area contributed by atoms with Crippen molar-refractivity contribution in [2.24, 2.45) is 5.92 Å². The second kappa shape index (κ2) is 7.99. The Balaban J connectivity index is 2.34. The highest BCUT2D eigenvalue weighted by atomic mass is 16.4. The Morgan fingerprint density at radius 1 is 1.26 bits per heavy atom. The van der Waals surface area contributed by atoms with Gasteiger partial charge < -0.3 is 20.4 Å². The molecule has 19 heavy (non-hydrogen) atoms. The van der Waals surface area contributed by atoms with E-state index < -0.39 is 5.97 Å². The summed E-state index contributed by atoms with van der Waals surface area (Å²) in [6, 6.07) is -0.0407. The number of nitrogens with one attached hydrogen (secondary N) is 1. The smallest absolute Gasteiger partial charge is 0.317 e. The van der Waals surface area contributed by atoms with Crippen molar-refractivity contribution in [2.75, 3.05) is 19.7 Å². The summed E-state index contributed by atoms with van der Waals surface area (Å²) in [7, 11) is 0. The number of carboxylic acids is 1. The van der Waals surface area contributed by atoms with Gasteiger partial charge in [-0.15, -0.1) is 0 Å². The number of nitrogens with zero attached hydrogens (tertiary/aromatic N) is 1. The van der Waals surface area contributed by atoms with Crippen LogP contribution < -0.4 is 5.32 Å². The van der Waals surface area contributed by atoms with Gasteiger partial charge in [0, 0.05) is 25.7 Å². The molecule has 3 N–H and O–H groups in total. The summed E-state index contributed by atoms with van der Waals surface area (Å²) in [6.07, 6.45) is 3.28. The van der Waals surface area contributed by atoms with Crippen LogP contribution in [0.3, 0.4) is 0 Å². The SMILES string of the molecule is CCN(CCCO)C(=O)NC1CCC(C(=O)O)CC1. The third kappa shape index (κ3) is 5.06. The zero-order valence-electron chi connectivity index (χ0n) is 11.5. The van der Waals surface area contributed by atoms with Gasteiger partial charge in [0.1, 0.15) is 0 Å². The van der Waals surface area contributed by atoms with Crippen molar-refractivity contribution < 1.29 is 19.8 Å². The van der Waals surface area contributed by atoms with Gasteiger partial charge in [-0.1, -0.05) is 0 Å². The summed E-state index contributed by atoms with van der Waals surface area (Å²) in [5, 5.41) is 20.6. The molecule has 2 amide bonds. The molecule has 0 aromatic rings. The molecule has 0 aromatic heterocycles. The standard InChI is InChI=1S/C13H24N2O4/c1-2-15(8-3-9-16)13(19)14-11-6-4-10(5-7-11)12(17)18/h10-11,16H,2-9H2,1H3,(H,14,19)(H,17,18). The normalized spacial score (nSPS) is 22.8. The Hall–Kier alpha value is -1.30. The fourth-order valence-corrected chi connectivity index (χ4v) is 2.42. The van der Waals surface area contributed by atoms with Crippen LogP contribution in [0.25, 0.3) is 0 Å². The number of carbonyl (C=O) groups excluding carboxylic acids is 1. The van der Waals surface area contributed by atoms with Crippen LogP contribution in [0.2, 0.25) is 0 Å². The van der Waals surface area contributed by atoms with Crippen LogP contribution in [-0.4, -0.2) is 52.9 Å². The van der Waals surface area contributed by atoms with Crippen molar-refractivity contribution in [1.82, 2.24) is 10.2 Å². The van der Waals surface area contributed by atoms with Crippen LogP contribution in [0.1, 0.15) is 39.0 Å². The molecule has 0 bridgehead atoms. The molecule has 110 valence electrons. The molecular weight excluding hydrogens is 248 g/mol. The lowest BCUT2D eigenvalue weighted by Crippen LogP contribution is -2.46. The zero-order valence-corrected chi connectivity index (χ0v) is 11.5. The van der Waals surface area contributed by atoms with Crippen molar-refractivity contribution in [2.45, 2.75) is 45.1 Å². The Morgan fingerprint density at radius 3 is 2.37 bits per heavy atom. The van der Waals surface area contributed by atoms with E-state index in [1.807, 2.05) is 6.92 Å². The lowest BCUT2D eigenvalue weighted by atomic mass is 9.86. The maximum Gasteiger partial charge on any atom is 0.317 e. The average molecular weight is 272 g/mol. The van der Waals surface area contributed by atoms with Crippen LogP contribution >= 0.6 is 0 Å². The third-order valence-electron chi connectivity index (χ3n) is 3.66. The van der Waals surface area contributed by atoms with Crippen LogP contribution in [0.15, 0.2) is 0 Å². The topological polar surface area (TPSA) is 89.9 Å². The molecule has 0 atom stereocenters. The molecule has 6 nitrogen and oxygen atoms in total. The quantitative estimate of drug-likeness (QED) is 0.674. The van der Waals surface area contributed by atoms with Gasteiger partial charge in [0.25, 0.3) is 0 Å². The number of hydrogen-bond acceptors (Lipinski definition) is 3. The van der Waals surface area contributed by atoms with E-state index in [0.29, 0.717) is 32.4 Å². The highest BCUT2D eigenvalue weighted by molar-refractivity contribution is 5.74. The van der Waals surface area contributed by atoms with Gasteiger partial charge in [0.05, 0.1) is 5.92 Å². The molecule has 1 saturated carbocycles. The molecule has 6 heteroatoms. The zero-order chi connectivity index (χ0) is 14.3. The maximum absolute atomic E-state index is 12.0. The van der Waals surface area contributed by atoms with Gasteiger partial charge in [-0.2, -0.15) is 0 Å². The molecule has 0 radical (unpaired) electrons. The molecule has 0 saturated heterocycles. The van der Waals surface area contributed by atoms with Crippen molar-refractivity contribution in [3.63, 3.8) is 0 Å². The second-order valence-electron chi connectivity index (χ2n) is 4.99. The van der Waals surface area contributed by atoms with Gasteiger partial charge in [-0.05, 0) is 39.0 Å². The van der Waals surface area contributed by atoms with Crippen LogP contribution in [0.5, 0.6) is 0 Å². The number of urea groups is 1. The highest BCUT2D eigenvalue weighted by Gasteiger charge is 2.27. The molecule has 0 aliphatic heterocycles. The summed E-state index contributed by atoms with van der Waals surface area (Å²) in [5.74, 6) is -0.993. The first-order valence-electron chi connectivity index (χ1n) is 6.97. The van der Waals surface area contributed by atoms with Crippen LogP contribution in [0.4, 0.5) is 4.79 Å². The van der Waals surface area contributed by atoms with E-state index in [2.05, 4.69) is 5.32 Å². The minimum atomic E-state index is -0.733. The largest absolute Gasteiger partial charge is 0.481 e. The highest BCUT2D eigenvalue weighted by Crippen LogP contribution is 2.24. The number of carbonyl (C=O) groups is 2. The van der Waals surface area contributed by atoms with Gasteiger partial charge in [-0.3, -0.25) is 4.79 Å². The van der Waals surface area contributed by atoms with Crippen molar-refractivity contribution >= 4 is 12.0 Å². The maximum atomic E-state index is 12.0. The Bertz CT molecular complexity index is 301. The monoisotopic (exact) mass is 272 g/mol. The Labute approximate surface area is 113 Å². The van der Waals surface area contributed by atoms with Gasteiger partial charge >= 0.3 is 12.0 Å². The minimum absolute atomic E-state index is 0.0753.